The van der Waals surface area contributed by atoms with E-state index in [9.17, 15) is 19.0 Å². The van der Waals surface area contributed by atoms with Gasteiger partial charge in [-0.05, 0) is 32.1 Å². The van der Waals surface area contributed by atoms with Crippen LogP contribution in [0.2, 0.25) is 0 Å². The van der Waals surface area contributed by atoms with E-state index < -0.39 is 26.5 Å². The summed E-state index contributed by atoms with van der Waals surface area (Å²) in [6.45, 7) is 3.71. The Morgan fingerprint density at radius 2 is 0.926 bits per heavy atom. The van der Waals surface area contributed by atoms with E-state index in [0.29, 0.717) is 6.42 Å². The molecule has 0 saturated heterocycles. The second-order valence-corrected chi connectivity index (χ2v) is 16.7. The molecule has 10 heteroatoms. The summed E-state index contributed by atoms with van der Waals surface area (Å²) in [6.07, 6.45) is 42.6. The number of nitrogens with two attached hydrogens (primary N) is 1. The summed E-state index contributed by atoms with van der Waals surface area (Å²) in [4.78, 5) is 34.8. The van der Waals surface area contributed by atoms with Gasteiger partial charge < -0.3 is 20.1 Å². The SMILES string of the molecule is CCCC/C=C\CCCCCCCC(=O)OC(COC(=O)CCCCCCCCCCCCCCCCCCCCCCCC)COP(=O)(O)OCCN. The number of carbonyl (C=O) groups is 2. The lowest BCUT2D eigenvalue weighted by Crippen LogP contribution is -2.29. The van der Waals surface area contributed by atoms with Crippen LogP contribution in [0.3, 0.4) is 0 Å². The van der Waals surface area contributed by atoms with Crippen LogP contribution in [-0.4, -0.2) is 49.3 Å². The monoisotopic (exact) mass is 788 g/mol. The van der Waals surface area contributed by atoms with Crippen LogP contribution in [0.5, 0.6) is 0 Å². The van der Waals surface area contributed by atoms with E-state index in [1.54, 1.807) is 0 Å². The predicted molar refractivity (Wildman–Crippen MR) is 224 cm³/mol. The molecule has 0 fully saturated rings. The van der Waals surface area contributed by atoms with Crippen LogP contribution in [0, 0.1) is 0 Å². The molecule has 3 N–H and O–H groups in total. The van der Waals surface area contributed by atoms with E-state index in [0.717, 1.165) is 57.8 Å². The van der Waals surface area contributed by atoms with Gasteiger partial charge in [-0.25, -0.2) is 4.57 Å². The van der Waals surface area contributed by atoms with Crippen LogP contribution in [-0.2, 0) is 32.7 Å². The summed E-state index contributed by atoms with van der Waals surface area (Å²) >= 11 is 0. The number of rotatable bonds is 43. The zero-order valence-corrected chi connectivity index (χ0v) is 36.1. The van der Waals surface area contributed by atoms with Crippen molar-refractivity contribution in [3.05, 3.63) is 12.2 Å². The Labute approximate surface area is 332 Å². The molecule has 0 aliphatic carbocycles. The Balaban J connectivity index is 3.98. The van der Waals surface area contributed by atoms with E-state index in [4.69, 9.17) is 24.3 Å². The smallest absolute Gasteiger partial charge is 0.462 e. The third-order valence-electron chi connectivity index (χ3n) is 9.90. The molecule has 0 heterocycles. The van der Waals surface area contributed by atoms with Crippen molar-refractivity contribution in [2.45, 2.75) is 232 Å². The van der Waals surface area contributed by atoms with Gasteiger partial charge in [0.2, 0.25) is 0 Å². The summed E-state index contributed by atoms with van der Waals surface area (Å²) in [5, 5.41) is 0. The Kier molecular flexibility index (Phi) is 40.4. The highest BCUT2D eigenvalue weighted by molar-refractivity contribution is 7.47. The van der Waals surface area contributed by atoms with Gasteiger partial charge in [-0.3, -0.25) is 18.6 Å². The summed E-state index contributed by atoms with van der Waals surface area (Å²) in [5.74, 6) is -0.829. The maximum atomic E-state index is 12.5. The van der Waals surface area contributed by atoms with E-state index in [1.807, 2.05) is 0 Å². The van der Waals surface area contributed by atoms with Crippen LogP contribution in [0.1, 0.15) is 226 Å². The van der Waals surface area contributed by atoms with Gasteiger partial charge in [-0.1, -0.05) is 193 Å². The number of esters is 2. The first-order valence-corrected chi connectivity index (χ1v) is 24.2. The van der Waals surface area contributed by atoms with E-state index in [1.165, 1.54) is 135 Å². The molecule has 0 aromatic heterocycles. The molecule has 320 valence electrons. The van der Waals surface area contributed by atoms with Crippen molar-refractivity contribution in [1.82, 2.24) is 0 Å². The molecule has 0 aromatic rings. The molecule has 0 amide bonds. The average molecular weight is 788 g/mol. The second kappa shape index (κ2) is 41.4. The number of phosphoric ester groups is 1. The number of hydrogen-bond acceptors (Lipinski definition) is 8. The van der Waals surface area contributed by atoms with Gasteiger partial charge in [-0.2, -0.15) is 0 Å². The minimum absolute atomic E-state index is 0.0547. The molecule has 0 radical (unpaired) electrons. The summed E-state index contributed by atoms with van der Waals surface area (Å²) < 4.78 is 32.7. The molecule has 54 heavy (non-hydrogen) atoms. The first-order chi connectivity index (χ1) is 26.3. The lowest BCUT2D eigenvalue weighted by atomic mass is 10.0. The average Bonchev–Trinajstić information content (AvgIpc) is 3.16. The maximum absolute atomic E-state index is 12.5. The predicted octanol–water partition coefficient (Wildman–Crippen LogP) is 13.0. The molecule has 2 unspecified atom stereocenters. The van der Waals surface area contributed by atoms with Crippen molar-refractivity contribution in [2.24, 2.45) is 5.73 Å². The molecule has 9 nitrogen and oxygen atoms in total. The van der Waals surface area contributed by atoms with Gasteiger partial charge in [0, 0.05) is 19.4 Å². The van der Waals surface area contributed by atoms with Gasteiger partial charge in [0.1, 0.15) is 6.61 Å². The summed E-state index contributed by atoms with van der Waals surface area (Å²) in [6, 6.07) is 0. The third kappa shape index (κ3) is 40.4. The van der Waals surface area contributed by atoms with Crippen LogP contribution < -0.4 is 5.73 Å². The van der Waals surface area contributed by atoms with Crippen molar-refractivity contribution >= 4 is 19.8 Å². The normalized spacial score (nSPS) is 13.3. The van der Waals surface area contributed by atoms with Gasteiger partial charge in [-0.15, -0.1) is 0 Å². The van der Waals surface area contributed by atoms with E-state index in [2.05, 4.69) is 26.0 Å². The van der Waals surface area contributed by atoms with Crippen molar-refractivity contribution in [3.63, 3.8) is 0 Å². The Morgan fingerprint density at radius 1 is 0.537 bits per heavy atom. The molecule has 0 saturated carbocycles. The zero-order valence-electron chi connectivity index (χ0n) is 35.2. The molecule has 0 aliphatic rings. The van der Waals surface area contributed by atoms with Gasteiger partial charge >= 0.3 is 19.8 Å². The first-order valence-electron chi connectivity index (χ1n) is 22.7. The van der Waals surface area contributed by atoms with Crippen LogP contribution in [0.4, 0.5) is 0 Å². The minimum atomic E-state index is -4.37. The topological polar surface area (TPSA) is 134 Å². The molecule has 0 bridgehead atoms. The van der Waals surface area contributed by atoms with E-state index >= 15 is 0 Å². The van der Waals surface area contributed by atoms with Gasteiger partial charge in [0.15, 0.2) is 6.10 Å². The summed E-state index contributed by atoms with van der Waals surface area (Å²) in [5.41, 5.74) is 5.34. The van der Waals surface area contributed by atoms with Crippen molar-refractivity contribution in [3.8, 4) is 0 Å². The maximum Gasteiger partial charge on any atom is 0.472 e. The Bertz CT molecular complexity index is 902. The van der Waals surface area contributed by atoms with Crippen molar-refractivity contribution in [1.29, 1.82) is 0 Å². The van der Waals surface area contributed by atoms with E-state index in [-0.39, 0.29) is 38.6 Å². The fourth-order valence-electron chi connectivity index (χ4n) is 6.50. The number of carbonyl (C=O) groups excluding carboxylic acids is 2. The first kappa shape index (κ1) is 52.8. The molecular weight excluding hydrogens is 701 g/mol. The van der Waals surface area contributed by atoms with Crippen LogP contribution in [0.15, 0.2) is 12.2 Å². The number of ether oxygens (including phenoxy) is 2. The third-order valence-corrected chi connectivity index (χ3v) is 10.9. The Morgan fingerprint density at radius 3 is 1.37 bits per heavy atom. The van der Waals surface area contributed by atoms with Crippen molar-refractivity contribution < 1.29 is 37.6 Å². The molecule has 0 aliphatic heterocycles. The highest BCUT2D eigenvalue weighted by atomic mass is 31.2. The highest BCUT2D eigenvalue weighted by Crippen LogP contribution is 2.43. The lowest BCUT2D eigenvalue weighted by molar-refractivity contribution is -0.161. The standard InChI is InChI=1S/C44H86NO8P/c1-3-5-7-9-11-13-15-16-17-18-19-20-21-22-23-24-25-27-28-30-32-34-36-43(46)50-40-42(41-52-54(48,49)51-39-38-45)53-44(47)37-35-33-31-29-26-14-12-10-8-6-4-2/h10,12,42H,3-9,11,13-41,45H2,1-2H3,(H,48,49)/b12-10-. The van der Waals surface area contributed by atoms with Gasteiger partial charge in [0.25, 0.3) is 0 Å². The molecule has 0 aromatic carbocycles. The highest BCUT2D eigenvalue weighted by Gasteiger charge is 2.26. The number of unbranched alkanes of at least 4 members (excludes halogenated alkanes) is 28. The number of phosphoric acid groups is 1. The van der Waals surface area contributed by atoms with Crippen LogP contribution in [0.25, 0.3) is 0 Å². The quantitative estimate of drug-likeness (QED) is 0.0268. The molecular formula is C44H86NO8P. The fourth-order valence-corrected chi connectivity index (χ4v) is 7.26. The number of allylic oxidation sites excluding steroid dienone is 2. The Hall–Kier alpha value is -1.25. The second-order valence-electron chi connectivity index (χ2n) is 15.3. The minimum Gasteiger partial charge on any atom is -0.462 e. The van der Waals surface area contributed by atoms with Crippen molar-refractivity contribution in [2.75, 3.05) is 26.4 Å². The lowest BCUT2D eigenvalue weighted by Gasteiger charge is -2.19. The fraction of sp³-hybridized carbons (Fsp3) is 0.909. The van der Waals surface area contributed by atoms with Crippen LogP contribution >= 0.6 is 7.82 Å². The molecule has 2 atom stereocenters. The van der Waals surface area contributed by atoms with Gasteiger partial charge in [0.05, 0.1) is 13.2 Å². The number of hydrogen-bond donors (Lipinski definition) is 2. The molecule has 0 spiro atoms. The summed E-state index contributed by atoms with van der Waals surface area (Å²) in [7, 11) is -4.37. The largest absolute Gasteiger partial charge is 0.472 e. The zero-order chi connectivity index (χ0) is 39.6. The molecule has 0 rings (SSSR count).